The topological polar surface area (TPSA) is 0 Å². The molecule has 2 aromatic carbocycles. The first kappa shape index (κ1) is 16.8. The molecule has 0 saturated carbocycles. The monoisotopic (exact) mass is 294 g/mol. The van der Waals surface area contributed by atoms with E-state index < -0.39 is 0 Å². The Balaban J connectivity index is 2.99. The molecule has 22 heavy (non-hydrogen) atoms. The highest BCUT2D eigenvalue weighted by Crippen LogP contribution is 2.21. The van der Waals surface area contributed by atoms with Crippen LogP contribution in [0.4, 0.5) is 0 Å². The van der Waals surface area contributed by atoms with Crippen molar-refractivity contribution in [1.29, 1.82) is 0 Å². The third-order valence-electron chi connectivity index (χ3n) is 4.50. The van der Waals surface area contributed by atoms with Gasteiger partial charge in [-0.2, -0.15) is 0 Å². The highest BCUT2D eigenvalue weighted by atomic mass is 14.1. The standard InChI is InChI=1S/C22H30/c1-13(2)19-9-17-11-21(15(5)6)22(16(7)8)12-18(17)10-20(19)14(3)4/h9-13,16H,1-8H3. The quantitative estimate of drug-likeness (QED) is 0.689. The number of hydrogen-bond donors (Lipinski definition) is 0. The van der Waals surface area contributed by atoms with Gasteiger partial charge in [0.05, 0.1) is 0 Å². The molecule has 2 rings (SSSR count). The van der Waals surface area contributed by atoms with E-state index in [1.807, 2.05) is 0 Å². The van der Waals surface area contributed by atoms with Crippen molar-refractivity contribution >= 4 is 21.9 Å². The minimum absolute atomic E-state index is 0.550. The van der Waals surface area contributed by atoms with Crippen LogP contribution in [0.25, 0.3) is 21.9 Å². The van der Waals surface area contributed by atoms with E-state index in [0.29, 0.717) is 11.8 Å². The van der Waals surface area contributed by atoms with Crippen LogP contribution in [0, 0.1) is 0 Å². The Hall–Kier alpha value is -1.56. The van der Waals surface area contributed by atoms with Crippen molar-refractivity contribution < 1.29 is 0 Å². The minimum Gasteiger partial charge on any atom is -0.0689 e. The summed E-state index contributed by atoms with van der Waals surface area (Å²) in [5.74, 6) is 1.10. The normalized spacial score (nSPS) is 11.5. The summed E-state index contributed by atoms with van der Waals surface area (Å²) in [6.07, 6.45) is 0. The molecule has 0 spiro atoms. The molecule has 0 aliphatic rings. The smallest absolute Gasteiger partial charge is 0.0175 e. The zero-order valence-corrected chi connectivity index (χ0v) is 15.5. The van der Waals surface area contributed by atoms with Crippen LogP contribution in [0.1, 0.15) is 78.4 Å². The van der Waals surface area contributed by atoms with Crippen LogP contribution in [0.3, 0.4) is 0 Å². The zero-order chi connectivity index (χ0) is 16.6. The lowest BCUT2D eigenvalue weighted by Crippen LogP contribution is -2.16. The average molecular weight is 294 g/mol. The summed E-state index contributed by atoms with van der Waals surface area (Å²) in [7, 11) is 0. The first-order valence-corrected chi connectivity index (χ1v) is 8.45. The lowest BCUT2D eigenvalue weighted by molar-refractivity contribution is 0.855. The Morgan fingerprint density at radius 2 is 0.909 bits per heavy atom. The van der Waals surface area contributed by atoms with Crippen molar-refractivity contribution in [2.45, 2.75) is 67.2 Å². The molecule has 0 nitrogen and oxygen atoms in total. The Kier molecular flexibility index (Phi) is 4.80. The summed E-state index contributed by atoms with van der Waals surface area (Å²) in [4.78, 5) is 0. The largest absolute Gasteiger partial charge is 0.0689 e. The van der Waals surface area contributed by atoms with Gasteiger partial charge in [-0.25, -0.2) is 0 Å². The van der Waals surface area contributed by atoms with E-state index in [-0.39, 0.29) is 0 Å². The molecular formula is C22H30. The minimum atomic E-state index is 0.550. The molecule has 2 aromatic rings. The predicted molar refractivity (Wildman–Crippen MR) is 101 cm³/mol. The van der Waals surface area contributed by atoms with Gasteiger partial charge in [0.2, 0.25) is 0 Å². The maximum Gasteiger partial charge on any atom is -0.0175 e. The molecule has 0 amide bonds. The Bertz CT molecular complexity index is 738. The van der Waals surface area contributed by atoms with Crippen LogP contribution in [0.15, 0.2) is 24.3 Å². The fourth-order valence-electron chi connectivity index (χ4n) is 3.21. The second-order valence-corrected chi connectivity index (χ2v) is 7.54. The van der Waals surface area contributed by atoms with Gasteiger partial charge < -0.3 is 0 Å². The first-order valence-electron chi connectivity index (χ1n) is 8.45. The number of fused-ring (bicyclic) bond motifs is 1. The molecule has 0 saturated heterocycles. The molecule has 0 bridgehead atoms. The van der Waals surface area contributed by atoms with Crippen molar-refractivity contribution in [3.63, 3.8) is 0 Å². The van der Waals surface area contributed by atoms with E-state index in [0.717, 1.165) is 0 Å². The lowest BCUT2D eigenvalue weighted by Gasteiger charge is -2.14. The van der Waals surface area contributed by atoms with Crippen molar-refractivity contribution in [1.82, 2.24) is 0 Å². The van der Waals surface area contributed by atoms with E-state index in [9.17, 15) is 0 Å². The second kappa shape index (κ2) is 6.28. The molecular weight excluding hydrogens is 264 g/mol. The van der Waals surface area contributed by atoms with Crippen molar-refractivity contribution in [2.24, 2.45) is 0 Å². The van der Waals surface area contributed by atoms with E-state index in [1.165, 1.54) is 43.5 Å². The van der Waals surface area contributed by atoms with Gasteiger partial charge in [0, 0.05) is 0 Å². The van der Waals surface area contributed by atoms with Crippen molar-refractivity contribution in [3.8, 4) is 0 Å². The summed E-state index contributed by atoms with van der Waals surface area (Å²) < 4.78 is 0. The van der Waals surface area contributed by atoms with Gasteiger partial charge >= 0.3 is 0 Å². The molecule has 118 valence electrons. The molecule has 0 aliphatic heterocycles. The summed E-state index contributed by atoms with van der Waals surface area (Å²) in [6, 6.07) is 9.58. The molecule has 0 aromatic heterocycles. The second-order valence-electron chi connectivity index (χ2n) is 7.54. The van der Waals surface area contributed by atoms with Gasteiger partial charge in [-0.3, -0.25) is 0 Å². The lowest BCUT2D eigenvalue weighted by atomic mass is 9.90. The molecule has 0 aliphatic carbocycles. The first-order chi connectivity index (χ1) is 10.2. The average Bonchev–Trinajstić information content (AvgIpc) is 2.43. The van der Waals surface area contributed by atoms with Gasteiger partial charge in [0.1, 0.15) is 0 Å². The van der Waals surface area contributed by atoms with Gasteiger partial charge in [-0.1, -0.05) is 51.0 Å². The molecule has 0 atom stereocenters. The zero-order valence-electron chi connectivity index (χ0n) is 15.5. The van der Waals surface area contributed by atoms with Crippen LogP contribution < -0.4 is 10.4 Å². The maximum absolute atomic E-state index is 2.40. The van der Waals surface area contributed by atoms with E-state index in [2.05, 4.69) is 79.7 Å². The molecule has 0 unspecified atom stereocenters. The molecule has 0 radical (unpaired) electrons. The van der Waals surface area contributed by atoms with Gasteiger partial charge in [-0.15, -0.1) is 0 Å². The third kappa shape index (κ3) is 3.11. The van der Waals surface area contributed by atoms with E-state index in [4.69, 9.17) is 0 Å². The van der Waals surface area contributed by atoms with Gasteiger partial charge in [0.15, 0.2) is 0 Å². The van der Waals surface area contributed by atoms with Gasteiger partial charge in [0.25, 0.3) is 0 Å². The van der Waals surface area contributed by atoms with Crippen LogP contribution in [0.5, 0.6) is 0 Å². The Labute approximate surface area is 135 Å². The van der Waals surface area contributed by atoms with Gasteiger partial charge in [-0.05, 0) is 84.0 Å². The summed E-state index contributed by atoms with van der Waals surface area (Å²) in [6.45, 7) is 18.0. The van der Waals surface area contributed by atoms with Crippen LogP contribution in [-0.4, -0.2) is 0 Å². The predicted octanol–water partition coefficient (Wildman–Crippen LogP) is 5.47. The molecule has 0 N–H and O–H groups in total. The highest BCUT2D eigenvalue weighted by Gasteiger charge is 2.09. The van der Waals surface area contributed by atoms with E-state index in [1.54, 1.807) is 0 Å². The summed E-state index contributed by atoms with van der Waals surface area (Å²) in [5.41, 5.74) is 5.73. The Morgan fingerprint density at radius 3 is 1.14 bits per heavy atom. The fourth-order valence-corrected chi connectivity index (χ4v) is 3.21. The highest BCUT2D eigenvalue weighted by molar-refractivity contribution is 5.85. The van der Waals surface area contributed by atoms with Crippen molar-refractivity contribution in [3.05, 3.63) is 45.8 Å². The van der Waals surface area contributed by atoms with Crippen molar-refractivity contribution in [2.75, 3.05) is 0 Å². The number of benzene rings is 2. The number of rotatable bonds is 2. The van der Waals surface area contributed by atoms with E-state index >= 15 is 0 Å². The van der Waals surface area contributed by atoms with Crippen LogP contribution in [0.2, 0.25) is 0 Å². The summed E-state index contributed by atoms with van der Waals surface area (Å²) >= 11 is 0. The third-order valence-corrected chi connectivity index (χ3v) is 4.50. The summed E-state index contributed by atoms with van der Waals surface area (Å²) in [5, 5.41) is 5.58. The fraction of sp³-hybridized carbons (Fsp3) is 0.455. The van der Waals surface area contributed by atoms with Crippen LogP contribution >= 0.6 is 0 Å². The van der Waals surface area contributed by atoms with Crippen LogP contribution in [-0.2, 0) is 0 Å². The Morgan fingerprint density at radius 1 is 0.591 bits per heavy atom. The molecule has 0 heterocycles. The molecule has 0 heteroatoms. The number of hydrogen-bond acceptors (Lipinski definition) is 0. The SMILES string of the molecule is CC(C)=c1cc2cc(C(C)C)c(=C(C)C)cc2cc1C(C)C. The molecule has 0 fully saturated rings. The maximum atomic E-state index is 2.40.